The van der Waals surface area contributed by atoms with Crippen molar-refractivity contribution in [3.63, 3.8) is 0 Å². The van der Waals surface area contributed by atoms with Crippen molar-refractivity contribution in [2.45, 2.75) is 33.0 Å². The monoisotopic (exact) mass is 273 g/mol. The molecule has 1 atom stereocenters. The Morgan fingerprint density at radius 3 is 2.95 bits per heavy atom. The minimum Gasteiger partial charge on any atom is -0.467 e. The SMILES string of the molecule is Cc1ccncc1CNC(C)C(=O)NCc1ccco1. The van der Waals surface area contributed by atoms with E-state index in [1.165, 1.54) is 0 Å². The van der Waals surface area contributed by atoms with Gasteiger partial charge in [-0.15, -0.1) is 0 Å². The molecule has 2 aromatic rings. The summed E-state index contributed by atoms with van der Waals surface area (Å²) in [5.41, 5.74) is 2.26. The van der Waals surface area contributed by atoms with Crippen LogP contribution in [0.15, 0.2) is 41.3 Å². The van der Waals surface area contributed by atoms with Crippen LogP contribution in [0, 0.1) is 6.92 Å². The van der Waals surface area contributed by atoms with Gasteiger partial charge in [0.25, 0.3) is 0 Å². The van der Waals surface area contributed by atoms with Gasteiger partial charge in [0, 0.05) is 18.9 Å². The predicted octanol–water partition coefficient (Wildman–Crippen LogP) is 1.78. The Hall–Kier alpha value is -2.14. The van der Waals surface area contributed by atoms with Crippen molar-refractivity contribution in [3.8, 4) is 0 Å². The molecule has 2 N–H and O–H groups in total. The normalized spacial score (nSPS) is 12.1. The summed E-state index contributed by atoms with van der Waals surface area (Å²) in [6, 6.07) is 5.31. The van der Waals surface area contributed by atoms with Gasteiger partial charge in [0.1, 0.15) is 5.76 Å². The van der Waals surface area contributed by atoms with Crippen molar-refractivity contribution >= 4 is 5.91 Å². The van der Waals surface area contributed by atoms with Crippen molar-refractivity contribution in [2.75, 3.05) is 0 Å². The molecule has 2 heterocycles. The highest BCUT2D eigenvalue weighted by Gasteiger charge is 2.12. The average Bonchev–Trinajstić information content (AvgIpc) is 2.97. The number of carbonyl (C=O) groups excluding carboxylic acids is 1. The van der Waals surface area contributed by atoms with Gasteiger partial charge in [-0.1, -0.05) is 0 Å². The van der Waals surface area contributed by atoms with Crippen LogP contribution >= 0.6 is 0 Å². The number of amides is 1. The maximum Gasteiger partial charge on any atom is 0.237 e. The van der Waals surface area contributed by atoms with Crippen LogP contribution in [0.2, 0.25) is 0 Å². The minimum absolute atomic E-state index is 0.0528. The molecule has 2 rings (SSSR count). The molecule has 2 aromatic heterocycles. The highest BCUT2D eigenvalue weighted by atomic mass is 16.3. The fourth-order valence-electron chi connectivity index (χ4n) is 1.78. The molecule has 1 amide bonds. The van der Waals surface area contributed by atoms with Crippen molar-refractivity contribution in [1.29, 1.82) is 0 Å². The van der Waals surface area contributed by atoms with Gasteiger partial charge in [-0.05, 0) is 43.2 Å². The lowest BCUT2D eigenvalue weighted by Gasteiger charge is -2.14. The third-order valence-electron chi connectivity index (χ3n) is 3.16. The molecule has 0 aliphatic carbocycles. The molecule has 0 saturated heterocycles. The van der Waals surface area contributed by atoms with E-state index >= 15 is 0 Å². The van der Waals surface area contributed by atoms with Gasteiger partial charge in [0.15, 0.2) is 0 Å². The first-order chi connectivity index (χ1) is 9.66. The molecule has 0 radical (unpaired) electrons. The zero-order valence-corrected chi connectivity index (χ0v) is 11.7. The Kier molecular flexibility index (Phi) is 4.90. The zero-order valence-electron chi connectivity index (χ0n) is 11.7. The summed E-state index contributed by atoms with van der Waals surface area (Å²) in [7, 11) is 0. The molecule has 0 fully saturated rings. The van der Waals surface area contributed by atoms with Crippen LogP contribution in [0.25, 0.3) is 0 Å². The van der Waals surface area contributed by atoms with Crippen LogP contribution in [0.1, 0.15) is 23.8 Å². The van der Waals surface area contributed by atoms with Gasteiger partial charge >= 0.3 is 0 Å². The van der Waals surface area contributed by atoms with Gasteiger partial charge in [-0.2, -0.15) is 0 Å². The summed E-state index contributed by atoms with van der Waals surface area (Å²) in [6.07, 6.45) is 5.17. The largest absolute Gasteiger partial charge is 0.467 e. The molecule has 20 heavy (non-hydrogen) atoms. The predicted molar refractivity (Wildman–Crippen MR) is 75.8 cm³/mol. The first kappa shape index (κ1) is 14.3. The van der Waals surface area contributed by atoms with E-state index in [9.17, 15) is 4.79 Å². The van der Waals surface area contributed by atoms with E-state index in [1.54, 1.807) is 18.5 Å². The molecule has 106 valence electrons. The molecule has 0 spiro atoms. The first-order valence-corrected chi connectivity index (χ1v) is 6.60. The Labute approximate surface area is 118 Å². The molecule has 0 aliphatic heterocycles. The Bertz CT molecular complexity index is 552. The van der Waals surface area contributed by atoms with E-state index in [0.29, 0.717) is 13.1 Å². The Morgan fingerprint density at radius 1 is 1.40 bits per heavy atom. The smallest absolute Gasteiger partial charge is 0.237 e. The second-order valence-electron chi connectivity index (χ2n) is 4.70. The summed E-state index contributed by atoms with van der Waals surface area (Å²) < 4.78 is 5.17. The third kappa shape index (κ3) is 3.93. The van der Waals surface area contributed by atoms with E-state index in [4.69, 9.17) is 4.42 Å². The van der Waals surface area contributed by atoms with Gasteiger partial charge in [0.2, 0.25) is 5.91 Å². The standard InChI is InChI=1S/C15H19N3O2/c1-11-5-6-16-8-13(11)9-17-12(2)15(19)18-10-14-4-3-7-20-14/h3-8,12,17H,9-10H2,1-2H3,(H,18,19). The molecular formula is C15H19N3O2. The lowest BCUT2D eigenvalue weighted by molar-refractivity contribution is -0.123. The molecule has 0 aliphatic rings. The van der Waals surface area contributed by atoms with Crippen molar-refractivity contribution in [1.82, 2.24) is 15.6 Å². The van der Waals surface area contributed by atoms with E-state index in [1.807, 2.05) is 32.2 Å². The fraction of sp³-hybridized carbons (Fsp3) is 0.333. The number of hydrogen-bond donors (Lipinski definition) is 2. The van der Waals surface area contributed by atoms with Crippen LogP contribution in [-0.4, -0.2) is 16.9 Å². The number of nitrogens with one attached hydrogen (secondary N) is 2. The number of nitrogens with zero attached hydrogens (tertiary/aromatic N) is 1. The van der Waals surface area contributed by atoms with E-state index < -0.39 is 0 Å². The number of rotatable bonds is 6. The highest BCUT2D eigenvalue weighted by molar-refractivity contribution is 5.81. The van der Waals surface area contributed by atoms with E-state index in [-0.39, 0.29) is 11.9 Å². The quantitative estimate of drug-likeness (QED) is 0.842. The molecule has 0 bridgehead atoms. The van der Waals surface area contributed by atoms with E-state index in [0.717, 1.165) is 16.9 Å². The number of hydrogen-bond acceptors (Lipinski definition) is 4. The van der Waals surface area contributed by atoms with Crippen molar-refractivity contribution in [2.24, 2.45) is 0 Å². The van der Waals surface area contributed by atoms with Crippen LogP contribution in [0.3, 0.4) is 0 Å². The van der Waals surface area contributed by atoms with E-state index in [2.05, 4.69) is 15.6 Å². The van der Waals surface area contributed by atoms with Crippen LogP contribution < -0.4 is 10.6 Å². The maximum absolute atomic E-state index is 11.9. The second kappa shape index (κ2) is 6.86. The maximum atomic E-state index is 11.9. The lowest BCUT2D eigenvalue weighted by Crippen LogP contribution is -2.41. The summed E-state index contributed by atoms with van der Waals surface area (Å²) in [5.74, 6) is 0.691. The number of pyridine rings is 1. The lowest BCUT2D eigenvalue weighted by atomic mass is 10.1. The minimum atomic E-state index is -0.274. The van der Waals surface area contributed by atoms with Gasteiger partial charge in [-0.3, -0.25) is 9.78 Å². The molecular weight excluding hydrogens is 254 g/mol. The number of carbonyl (C=O) groups is 1. The molecule has 0 saturated carbocycles. The molecule has 0 aromatic carbocycles. The van der Waals surface area contributed by atoms with Crippen LogP contribution in [0.5, 0.6) is 0 Å². The van der Waals surface area contributed by atoms with Crippen LogP contribution in [0.4, 0.5) is 0 Å². The van der Waals surface area contributed by atoms with Gasteiger partial charge < -0.3 is 15.1 Å². The fourth-order valence-corrected chi connectivity index (χ4v) is 1.78. The summed E-state index contributed by atoms with van der Waals surface area (Å²) in [5, 5.41) is 6.01. The van der Waals surface area contributed by atoms with Crippen molar-refractivity contribution in [3.05, 3.63) is 53.7 Å². The molecule has 5 heteroatoms. The summed E-state index contributed by atoms with van der Waals surface area (Å²) in [4.78, 5) is 16.0. The number of aryl methyl sites for hydroxylation is 1. The average molecular weight is 273 g/mol. The Balaban J connectivity index is 1.78. The van der Waals surface area contributed by atoms with Crippen molar-refractivity contribution < 1.29 is 9.21 Å². The summed E-state index contributed by atoms with van der Waals surface area (Å²) in [6.45, 7) is 4.89. The highest BCUT2D eigenvalue weighted by Crippen LogP contribution is 2.04. The topological polar surface area (TPSA) is 67.2 Å². The third-order valence-corrected chi connectivity index (χ3v) is 3.16. The molecule has 1 unspecified atom stereocenters. The first-order valence-electron chi connectivity index (χ1n) is 6.60. The second-order valence-corrected chi connectivity index (χ2v) is 4.70. The Morgan fingerprint density at radius 2 is 2.25 bits per heavy atom. The van der Waals surface area contributed by atoms with Crippen LogP contribution in [-0.2, 0) is 17.9 Å². The number of furan rings is 1. The van der Waals surface area contributed by atoms with Gasteiger partial charge in [0.05, 0.1) is 18.8 Å². The number of aromatic nitrogens is 1. The molecule has 5 nitrogen and oxygen atoms in total. The van der Waals surface area contributed by atoms with Gasteiger partial charge in [-0.25, -0.2) is 0 Å². The zero-order chi connectivity index (χ0) is 14.4. The summed E-state index contributed by atoms with van der Waals surface area (Å²) >= 11 is 0.